The molecule has 6 nitrogen and oxygen atoms in total. The number of nitrogens with two attached hydrogens (primary N) is 1. The molecule has 26 heavy (non-hydrogen) atoms. The third-order valence-corrected chi connectivity index (χ3v) is 3.84. The van der Waals surface area contributed by atoms with Crippen LogP contribution in [0.4, 0.5) is 16.2 Å². The van der Waals surface area contributed by atoms with Gasteiger partial charge in [0.25, 0.3) is 5.91 Å². The molecule has 0 saturated carbocycles. The summed E-state index contributed by atoms with van der Waals surface area (Å²) in [6, 6.07) is 19.6. The molecule has 0 saturated heterocycles. The van der Waals surface area contributed by atoms with E-state index in [9.17, 15) is 9.59 Å². The smallest absolute Gasteiger partial charge is 0.316 e. The predicted octanol–water partition coefficient (Wildman–Crippen LogP) is 3.74. The third kappa shape index (κ3) is 4.10. The number of anilines is 2. The molecule has 0 fully saturated rings. The normalized spacial score (nSPS) is 11.6. The third-order valence-electron chi connectivity index (χ3n) is 3.84. The fourth-order valence-electron chi connectivity index (χ4n) is 2.57. The molecule has 1 unspecified atom stereocenters. The van der Waals surface area contributed by atoms with Crippen molar-refractivity contribution in [2.24, 2.45) is 5.73 Å². The largest absolute Gasteiger partial charge is 0.480 e. The van der Waals surface area contributed by atoms with Gasteiger partial charge in [-0.3, -0.25) is 4.79 Å². The van der Waals surface area contributed by atoms with Crippen LogP contribution in [0.2, 0.25) is 0 Å². The number of carbonyl (C=O) groups excluding carboxylic acids is 2. The maximum atomic E-state index is 12.4. The van der Waals surface area contributed by atoms with E-state index in [2.05, 4.69) is 10.6 Å². The van der Waals surface area contributed by atoms with Crippen LogP contribution in [-0.2, 0) is 4.79 Å². The van der Waals surface area contributed by atoms with Crippen LogP contribution in [0.3, 0.4) is 0 Å². The average Bonchev–Trinajstić information content (AvgIpc) is 2.63. The summed E-state index contributed by atoms with van der Waals surface area (Å²) in [5.74, 6) is 0.389. The number of fused-ring (bicyclic) bond motifs is 1. The monoisotopic (exact) mass is 349 g/mol. The number of primary amides is 1. The summed E-state index contributed by atoms with van der Waals surface area (Å²) in [6.45, 7) is 1.69. The van der Waals surface area contributed by atoms with Crippen molar-refractivity contribution in [2.45, 2.75) is 13.0 Å². The Hall–Kier alpha value is -3.54. The van der Waals surface area contributed by atoms with Gasteiger partial charge >= 0.3 is 6.03 Å². The van der Waals surface area contributed by atoms with E-state index in [-0.39, 0.29) is 5.91 Å². The Bertz CT molecular complexity index is 933. The molecule has 1 atom stereocenters. The molecule has 0 radical (unpaired) electrons. The number of nitrogens with one attached hydrogen (secondary N) is 2. The Morgan fingerprint density at radius 2 is 1.50 bits per heavy atom. The summed E-state index contributed by atoms with van der Waals surface area (Å²) in [5.41, 5.74) is 6.21. The molecular weight excluding hydrogens is 330 g/mol. The molecule has 0 spiro atoms. The quantitative estimate of drug-likeness (QED) is 0.655. The van der Waals surface area contributed by atoms with Gasteiger partial charge in [-0.15, -0.1) is 0 Å². The van der Waals surface area contributed by atoms with Crippen LogP contribution in [0.5, 0.6) is 5.75 Å². The molecule has 0 aliphatic heterocycles. The van der Waals surface area contributed by atoms with Gasteiger partial charge in [-0.25, -0.2) is 4.79 Å². The first-order chi connectivity index (χ1) is 12.5. The van der Waals surface area contributed by atoms with Crippen LogP contribution < -0.4 is 21.1 Å². The zero-order valence-electron chi connectivity index (χ0n) is 14.2. The number of hydrogen-bond donors (Lipinski definition) is 3. The standard InChI is InChI=1S/C20H19N3O3/c1-13(26-18-8-4-6-14-5-2-3-7-17(14)18)19(24)22-15-9-11-16(12-10-15)23-20(21)25/h2-13H,1H3,(H,22,24)(H3,21,23,25). The minimum Gasteiger partial charge on any atom is -0.480 e. The van der Waals surface area contributed by atoms with Gasteiger partial charge in [-0.2, -0.15) is 0 Å². The topological polar surface area (TPSA) is 93.4 Å². The molecule has 3 amide bonds. The molecule has 3 aromatic carbocycles. The SMILES string of the molecule is CC(Oc1cccc2ccccc12)C(=O)Nc1ccc(NC(N)=O)cc1. The number of ether oxygens (including phenoxy) is 1. The number of urea groups is 1. The first-order valence-corrected chi connectivity index (χ1v) is 8.15. The summed E-state index contributed by atoms with van der Waals surface area (Å²) in [7, 11) is 0. The van der Waals surface area contributed by atoms with Gasteiger partial charge < -0.3 is 21.1 Å². The lowest BCUT2D eigenvalue weighted by Crippen LogP contribution is -2.30. The van der Waals surface area contributed by atoms with Crippen molar-refractivity contribution in [3.63, 3.8) is 0 Å². The number of rotatable bonds is 5. The van der Waals surface area contributed by atoms with E-state index in [0.717, 1.165) is 10.8 Å². The van der Waals surface area contributed by atoms with E-state index >= 15 is 0 Å². The van der Waals surface area contributed by atoms with E-state index in [0.29, 0.717) is 17.1 Å². The highest BCUT2D eigenvalue weighted by Gasteiger charge is 2.16. The van der Waals surface area contributed by atoms with Crippen molar-refractivity contribution in [3.8, 4) is 5.75 Å². The fourth-order valence-corrected chi connectivity index (χ4v) is 2.57. The van der Waals surface area contributed by atoms with Gasteiger partial charge in [0.15, 0.2) is 6.10 Å². The first-order valence-electron chi connectivity index (χ1n) is 8.15. The molecular formula is C20H19N3O3. The number of amides is 3. The Morgan fingerprint density at radius 3 is 2.19 bits per heavy atom. The van der Waals surface area contributed by atoms with Crippen LogP contribution in [0, 0.1) is 0 Å². The highest BCUT2D eigenvalue weighted by molar-refractivity contribution is 5.95. The fraction of sp³-hybridized carbons (Fsp3) is 0.100. The number of benzene rings is 3. The average molecular weight is 349 g/mol. The molecule has 0 heterocycles. The maximum Gasteiger partial charge on any atom is 0.316 e. The lowest BCUT2D eigenvalue weighted by molar-refractivity contribution is -0.122. The summed E-state index contributed by atoms with van der Waals surface area (Å²) >= 11 is 0. The second-order valence-corrected chi connectivity index (χ2v) is 5.79. The number of carbonyl (C=O) groups is 2. The lowest BCUT2D eigenvalue weighted by atomic mass is 10.1. The minimum atomic E-state index is -0.677. The van der Waals surface area contributed by atoms with Gasteiger partial charge in [0.05, 0.1) is 0 Å². The van der Waals surface area contributed by atoms with Crippen LogP contribution in [-0.4, -0.2) is 18.0 Å². The Kier molecular flexibility index (Phi) is 5.03. The Balaban J connectivity index is 1.67. The Morgan fingerprint density at radius 1 is 0.885 bits per heavy atom. The van der Waals surface area contributed by atoms with E-state index in [4.69, 9.17) is 10.5 Å². The van der Waals surface area contributed by atoms with Gasteiger partial charge in [0, 0.05) is 16.8 Å². The second kappa shape index (κ2) is 7.57. The molecule has 3 rings (SSSR count). The molecule has 4 N–H and O–H groups in total. The van der Waals surface area contributed by atoms with Crippen LogP contribution in [0.15, 0.2) is 66.7 Å². The van der Waals surface area contributed by atoms with Crippen LogP contribution in [0.1, 0.15) is 6.92 Å². The molecule has 6 heteroatoms. The molecule has 3 aromatic rings. The van der Waals surface area contributed by atoms with E-state index in [1.54, 1.807) is 31.2 Å². The van der Waals surface area contributed by atoms with Crippen LogP contribution in [0.25, 0.3) is 10.8 Å². The summed E-state index contributed by atoms with van der Waals surface area (Å²) in [4.78, 5) is 23.2. The Labute approximate surface area is 151 Å². The highest BCUT2D eigenvalue weighted by Crippen LogP contribution is 2.26. The van der Waals surface area contributed by atoms with E-state index < -0.39 is 12.1 Å². The highest BCUT2D eigenvalue weighted by atomic mass is 16.5. The van der Waals surface area contributed by atoms with Gasteiger partial charge in [-0.05, 0) is 42.6 Å². The van der Waals surface area contributed by atoms with Gasteiger partial charge in [0.1, 0.15) is 5.75 Å². The second-order valence-electron chi connectivity index (χ2n) is 5.79. The number of hydrogen-bond acceptors (Lipinski definition) is 3. The maximum absolute atomic E-state index is 12.4. The zero-order chi connectivity index (χ0) is 18.5. The van der Waals surface area contributed by atoms with Crippen molar-refractivity contribution < 1.29 is 14.3 Å². The van der Waals surface area contributed by atoms with Crippen molar-refractivity contribution in [3.05, 3.63) is 66.7 Å². The van der Waals surface area contributed by atoms with E-state index in [1.807, 2.05) is 42.5 Å². The van der Waals surface area contributed by atoms with Crippen molar-refractivity contribution in [2.75, 3.05) is 10.6 Å². The summed E-state index contributed by atoms with van der Waals surface area (Å²) < 4.78 is 5.85. The van der Waals surface area contributed by atoms with Crippen molar-refractivity contribution in [1.29, 1.82) is 0 Å². The first kappa shape index (κ1) is 17.3. The summed E-state index contributed by atoms with van der Waals surface area (Å²) in [5, 5.41) is 7.25. The van der Waals surface area contributed by atoms with E-state index in [1.165, 1.54) is 0 Å². The minimum absolute atomic E-state index is 0.270. The zero-order valence-corrected chi connectivity index (χ0v) is 14.2. The van der Waals surface area contributed by atoms with Gasteiger partial charge in [-0.1, -0.05) is 36.4 Å². The molecule has 132 valence electrons. The van der Waals surface area contributed by atoms with Gasteiger partial charge in [0.2, 0.25) is 0 Å². The van der Waals surface area contributed by atoms with Crippen molar-refractivity contribution >= 4 is 34.1 Å². The molecule has 0 bridgehead atoms. The van der Waals surface area contributed by atoms with Crippen molar-refractivity contribution in [1.82, 2.24) is 0 Å². The molecule has 0 aromatic heterocycles. The molecule has 0 aliphatic rings. The van der Waals surface area contributed by atoms with Crippen LogP contribution >= 0.6 is 0 Å². The molecule has 0 aliphatic carbocycles. The lowest BCUT2D eigenvalue weighted by Gasteiger charge is -2.16. The summed E-state index contributed by atoms with van der Waals surface area (Å²) in [6.07, 6.45) is -0.677. The predicted molar refractivity (Wildman–Crippen MR) is 102 cm³/mol.